The number of rotatable bonds is 2. The average molecular weight is 205 g/mol. The second-order valence-electron chi connectivity index (χ2n) is 3.07. The first-order valence-electron chi connectivity index (χ1n) is 4.67. The molecule has 0 atom stereocenters. The third-order valence-electron chi connectivity index (χ3n) is 1.94. The molecule has 0 aliphatic carbocycles. The molecule has 15 heavy (non-hydrogen) atoms. The zero-order chi connectivity index (χ0) is 10.8. The maximum atomic E-state index is 9.61. The number of fused-ring (bicyclic) bond motifs is 1. The highest BCUT2D eigenvalue weighted by atomic mass is 16.5. The Hall–Kier alpha value is -1.91. The van der Waals surface area contributed by atoms with Gasteiger partial charge in [-0.1, -0.05) is 0 Å². The van der Waals surface area contributed by atoms with Crippen LogP contribution in [0.2, 0.25) is 0 Å². The lowest BCUT2D eigenvalue weighted by atomic mass is 10.3. The van der Waals surface area contributed by atoms with E-state index in [0.717, 1.165) is 0 Å². The van der Waals surface area contributed by atoms with Crippen molar-refractivity contribution in [2.24, 2.45) is 0 Å². The quantitative estimate of drug-likeness (QED) is 0.803. The smallest absolute Gasteiger partial charge is 0.222 e. The molecule has 0 spiro atoms. The molecule has 2 aromatic rings. The molecule has 0 amide bonds. The number of ether oxygens (including phenoxy) is 1. The van der Waals surface area contributed by atoms with Crippen LogP contribution < -0.4 is 4.74 Å². The van der Waals surface area contributed by atoms with Crippen molar-refractivity contribution in [3.05, 3.63) is 18.1 Å². The molecule has 0 unspecified atom stereocenters. The van der Waals surface area contributed by atoms with Gasteiger partial charge in [-0.25, -0.2) is 9.97 Å². The molecule has 0 fully saturated rings. The third kappa shape index (κ3) is 1.81. The van der Waals surface area contributed by atoms with E-state index in [-0.39, 0.29) is 5.88 Å². The van der Waals surface area contributed by atoms with Crippen LogP contribution in [0.15, 0.2) is 12.3 Å². The van der Waals surface area contributed by atoms with Crippen LogP contribution in [0.1, 0.15) is 12.7 Å². The summed E-state index contributed by atoms with van der Waals surface area (Å²) in [4.78, 5) is 12.1. The zero-order valence-electron chi connectivity index (χ0n) is 8.56. The molecule has 1 N–H and O–H groups in total. The molecule has 5 nitrogen and oxygen atoms in total. The minimum atomic E-state index is -0.0409. The summed E-state index contributed by atoms with van der Waals surface area (Å²) in [5, 5.41) is 10.2. The molecule has 0 saturated heterocycles. The Kier molecular flexibility index (Phi) is 2.37. The number of hydrogen-bond acceptors (Lipinski definition) is 5. The lowest BCUT2D eigenvalue weighted by Gasteiger charge is -2.04. The van der Waals surface area contributed by atoms with Gasteiger partial charge in [0.2, 0.25) is 11.8 Å². The summed E-state index contributed by atoms with van der Waals surface area (Å²) in [6, 6.07) is 1.63. The molecule has 0 aromatic carbocycles. The van der Waals surface area contributed by atoms with E-state index >= 15 is 0 Å². The standard InChI is InChI=1S/C10H11N3O2/c1-3-15-9-4-7-8(5-11-9)12-6(2)13-10(7)14/h4-5H,3H2,1-2H3,(H,12,13,14). The van der Waals surface area contributed by atoms with Crippen molar-refractivity contribution < 1.29 is 9.84 Å². The van der Waals surface area contributed by atoms with E-state index in [1.165, 1.54) is 0 Å². The van der Waals surface area contributed by atoms with Crippen molar-refractivity contribution in [2.45, 2.75) is 13.8 Å². The van der Waals surface area contributed by atoms with Gasteiger partial charge in [0, 0.05) is 6.07 Å². The molecule has 2 rings (SSSR count). The lowest BCUT2D eigenvalue weighted by molar-refractivity contribution is 0.327. The van der Waals surface area contributed by atoms with Crippen LogP contribution >= 0.6 is 0 Å². The molecule has 2 aromatic heterocycles. The van der Waals surface area contributed by atoms with Crippen molar-refractivity contribution in [2.75, 3.05) is 6.61 Å². The lowest BCUT2D eigenvalue weighted by Crippen LogP contribution is -1.96. The van der Waals surface area contributed by atoms with E-state index in [1.54, 1.807) is 19.2 Å². The topological polar surface area (TPSA) is 68.1 Å². The van der Waals surface area contributed by atoms with Gasteiger partial charge in [0.05, 0.1) is 23.7 Å². The normalized spacial score (nSPS) is 10.5. The van der Waals surface area contributed by atoms with Gasteiger partial charge in [0.25, 0.3) is 0 Å². The number of nitrogens with zero attached hydrogens (tertiary/aromatic N) is 3. The number of hydrogen-bond donors (Lipinski definition) is 1. The second-order valence-corrected chi connectivity index (χ2v) is 3.07. The highest BCUT2D eigenvalue weighted by Crippen LogP contribution is 2.23. The van der Waals surface area contributed by atoms with Gasteiger partial charge in [0.15, 0.2) is 0 Å². The predicted octanol–water partition coefficient (Wildman–Crippen LogP) is 1.44. The highest BCUT2D eigenvalue weighted by Gasteiger charge is 2.06. The molecule has 5 heteroatoms. The first kappa shape index (κ1) is 9.64. The summed E-state index contributed by atoms with van der Waals surface area (Å²) in [5.41, 5.74) is 0.614. The Bertz CT molecular complexity index is 499. The fraction of sp³-hybridized carbons (Fsp3) is 0.300. The number of pyridine rings is 1. The van der Waals surface area contributed by atoms with Gasteiger partial charge in [-0.05, 0) is 13.8 Å². The first-order valence-corrected chi connectivity index (χ1v) is 4.67. The highest BCUT2D eigenvalue weighted by molar-refractivity contribution is 5.83. The predicted molar refractivity (Wildman–Crippen MR) is 54.9 cm³/mol. The van der Waals surface area contributed by atoms with Gasteiger partial charge >= 0.3 is 0 Å². The van der Waals surface area contributed by atoms with Gasteiger partial charge in [-0.2, -0.15) is 4.98 Å². The van der Waals surface area contributed by atoms with Crippen molar-refractivity contribution in [1.29, 1.82) is 0 Å². The Labute approximate surface area is 86.8 Å². The van der Waals surface area contributed by atoms with Crippen LogP contribution in [-0.4, -0.2) is 26.7 Å². The first-order chi connectivity index (χ1) is 7.20. The molecular formula is C10H11N3O2. The molecule has 2 heterocycles. The SMILES string of the molecule is CCOc1cc2c(O)nc(C)nc2cn1. The minimum absolute atomic E-state index is 0.0409. The minimum Gasteiger partial charge on any atom is -0.493 e. The van der Waals surface area contributed by atoms with Crippen LogP contribution in [0.5, 0.6) is 11.8 Å². The van der Waals surface area contributed by atoms with Gasteiger partial charge in [-0.3, -0.25) is 0 Å². The summed E-state index contributed by atoms with van der Waals surface area (Å²) in [5.74, 6) is 0.944. The number of aromatic nitrogens is 3. The average Bonchev–Trinajstić information content (AvgIpc) is 2.19. The second kappa shape index (κ2) is 3.68. The van der Waals surface area contributed by atoms with Crippen molar-refractivity contribution in [3.8, 4) is 11.8 Å². The number of aromatic hydroxyl groups is 1. The van der Waals surface area contributed by atoms with E-state index in [2.05, 4.69) is 15.0 Å². The van der Waals surface area contributed by atoms with Crippen LogP contribution in [0.25, 0.3) is 10.9 Å². The molecule has 0 bridgehead atoms. The summed E-state index contributed by atoms with van der Waals surface area (Å²) < 4.78 is 5.22. The Morgan fingerprint density at radius 2 is 2.20 bits per heavy atom. The molecule has 78 valence electrons. The van der Waals surface area contributed by atoms with E-state index in [0.29, 0.717) is 29.2 Å². The summed E-state index contributed by atoms with van der Waals surface area (Å²) in [6.07, 6.45) is 1.56. The Morgan fingerprint density at radius 1 is 1.40 bits per heavy atom. The monoisotopic (exact) mass is 205 g/mol. The van der Waals surface area contributed by atoms with Crippen molar-refractivity contribution >= 4 is 10.9 Å². The maximum absolute atomic E-state index is 9.61. The van der Waals surface area contributed by atoms with Crippen molar-refractivity contribution in [3.63, 3.8) is 0 Å². The van der Waals surface area contributed by atoms with Crippen molar-refractivity contribution in [1.82, 2.24) is 15.0 Å². The fourth-order valence-electron chi connectivity index (χ4n) is 1.34. The maximum Gasteiger partial charge on any atom is 0.222 e. The summed E-state index contributed by atoms with van der Waals surface area (Å²) >= 11 is 0. The Balaban J connectivity index is 2.60. The Morgan fingerprint density at radius 3 is 2.93 bits per heavy atom. The van der Waals surface area contributed by atoms with Gasteiger partial charge in [0.1, 0.15) is 5.82 Å². The van der Waals surface area contributed by atoms with E-state index < -0.39 is 0 Å². The van der Waals surface area contributed by atoms with E-state index in [9.17, 15) is 5.11 Å². The van der Waals surface area contributed by atoms with Gasteiger partial charge in [-0.15, -0.1) is 0 Å². The fourth-order valence-corrected chi connectivity index (χ4v) is 1.34. The molecule has 0 saturated carbocycles. The molecular weight excluding hydrogens is 194 g/mol. The van der Waals surface area contributed by atoms with Gasteiger partial charge < -0.3 is 9.84 Å². The molecule has 0 aliphatic heterocycles. The zero-order valence-corrected chi connectivity index (χ0v) is 8.56. The number of aryl methyl sites for hydroxylation is 1. The summed E-state index contributed by atoms with van der Waals surface area (Å²) in [7, 11) is 0. The molecule has 0 aliphatic rings. The van der Waals surface area contributed by atoms with Crippen LogP contribution in [0.3, 0.4) is 0 Å². The largest absolute Gasteiger partial charge is 0.493 e. The van der Waals surface area contributed by atoms with E-state index in [1.807, 2.05) is 6.92 Å². The van der Waals surface area contributed by atoms with Crippen LogP contribution in [0.4, 0.5) is 0 Å². The van der Waals surface area contributed by atoms with Crippen LogP contribution in [0, 0.1) is 6.92 Å². The molecule has 0 radical (unpaired) electrons. The van der Waals surface area contributed by atoms with Crippen LogP contribution in [-0.2, 0) is 0 Å². The summed E-state index contributed by atoms with van der Waals surface area (Å²) in [6.45, 7) is 4.12. The van der Waals surface area contributed by atoms with E-state index in [4.69, 9.17) is 4.74 Å². The third-order valence-corrected chi connectivity index (χ3v) is 1.94.